The largest absolute Gasteiger partial charge is 0.480 e. The van der Waals surface area contributed by atoms with Gasteiger partial charge in [0, 0.05) is 13.0 Å². The minimum absolute atomic E-state index is 0.0623. The summed E-state index contributed by atoms with van der Waals surface area (Å²) in [5.74, 6) is -2.13. The van der Waals surface area contributed by atoms with E-state index in [9.17, 15) is 19.5 Å². The Bertz CT molecular complexity index is 672. The minimum atomic E-state index is -1.15. The molecule has 0 radical (unpaired) electrons. The van der Waals surface area contributed by atoms with Crippen LogP contribution in [0.15, 0.2) is 24.3 Å². The van der Waals surface area contributed by atoms with Crippen molar-refractivity contribution < 1.29 is 19.5 Å². The van der Waals surface area contributed by atoms with Crippen molar-refractivity contribution in [3.8, 4) is 0 Å². The molecule has 1 aromatic carbocycles. The Morgan fingerprint density at radius 3 is 2.57 bits per heavy atom. The lowest BCUT2D eigenvalue weighted by Gasteiger charge is -2.38. The van der Waals surface area contributed by atoms with Crippen LogP contribution in [0.3, 0.4) is 0 Å². The topological polar surface area (TPSA) is 86.7 Å². The molecule has 1 aliphatic heterocycles. The molecule has 2 aliphatic rings. The number of carbonyl (C=O) groups is 3. The lowest BCUT2D eigenvalue weighted by Crippen LogP contribution is -2.60. The summed E-state index contributed by atoms with van der Waals surface area (Å²) >= 11 is 6.10. The SMILES string of the molecule is O=C(NC1(C(=O)O)CCC1)[C@H]1CC(=O)N(c2ccccc2Cl)C1. The Kier molecular flexibility index (Phi) is 4.02. The first-order valence-corrected chi connectivity index (χ1v) is 7.91. The average Bonchev–Trinajstić information content (AvgIpc) is 2.85. The van der Waals surface area contributed by atoms with Crippen LogP contribution in [0.25, 0.3) is 0 Å². The molecule has 0 spiro atoms. The van der Waals surface area contributed by atoms with Gasteiger partial charge in [0.2, 0.25) is 11.8 Å². The number of rotatable bonds is 4. The number of aliphatic carboxylic acids is 1. The number of hydrogen-bond acceptors (Lipinski definition) is 3. The van der Waals surface area contributed by atoms with E-state index in [-0.39, 0.29) is 24.8 Å². The average molecular weight is 337 g/mol. The van der Waals surface area contributed by atoms with E-state index in [1.54, 1.807) is 24.3 Å². The number of carboxylic acids is 1. The predicted octanol–water partition coefficient (Wildman–Crippen LogP) is 1.82. The van der Waals surface area contributed by atoms with E-state index in [4.69, 9.17) is 11.6 Å². The number of amides is 2. The Morgan fingerprint density at radius 2 is 2.00 bits per heavy atom. The highest BCUT2D eigenvalue weighted by Crippen LogP contribution is 2.34. The molecule has 1 heterocycles. The van der Waals surface area contributed by atoms with Crippen LogP contribution in [-0.4, -0.2) is 35.0 Å². The van der Waals surface area contributed by atoms with Crippen molar-refractivity contribution in [3.05, 3.63) is 29.3 Å². The molecule has 2 N–H and O–H groups in total. The fourth-order valence-electron chi connectivity index (χ4n) is 3.05. The molecule has 2 fully saturated rings. The summed E-state index contributed by atoms with van der Waals surface area (Å²) < 4.78 is 0. The summed E-state index contributed by atoms with van der Waals surface area (Å²) in [5.41, 5.74) is -0.580. The predicted molar refractivity (Wildman–Crippen MR) is 84.3 cm³/mol. The van der Waals surface area contributed by atoms with Gasteiger partial charge in [-0.1, -0.05) is 23.7 Å². The van der Waals surface area contributed by atoms with Crippen molar-refractivity contribution in [2.24, 2.45) is 5.92 Å². The number of para-hydroxylation sites is 1. The Hall–Kier alpha value is -2.08. The maximum Gasteiger partial charge on any atom is 0.329 e. The van der Waals surface area contributed by atoms with Gasteiger partial charge in [-0.05, 0) is 31.4 Å². The van der Waals surface area contributed by atoms with Gasteiger partial charge in [-0.2, -0.15) is 0 Å². The van der Waals surface area contributed by atoms with Crippen LogP contribution < -0.4 is 10.2 Å². The van der Waals surface area contributed by atoms with Gasteiger partial charge >= 0.3 is 5.97 Å². The molecule has 0 bridgehead atoms. The number of carboxylic acid groups (broad SMARTS) is 1. The van der Waals surface area contributed by atoms with Crippen molar-refractivity contribution in [2.45, 2.75) is 31.2 Å². The van der Waals surface area contributed by atoms with Gasteiger partial charge in [-0.15, -0.1) is 0 Å². The zero-order valence-corrected chi connectivity index (χ0v) is 13.2. The minimum Gasteiger partial charge on any atom is -0.480 e. The van der Waals surface area contributed by atoms with Crippen molar-refractivity contribution in [3.63, 3.8) is 0 Å². The first-order chi connectivity index (χ1) is 10.9. The fourth-order valence-corrected chi connectivity index (χ4v) is 3.28. The number of benzene rings is 1. The second-order valence-electron chi connectivity index (χ2n) is 6.09. The number of anilines is 1. The molecule has 2 amide bonds. The van der Waals surface area contributed by atoms with Gasteiger partial charge in [0.25, 0.3) is 0 Å². The summed E-state index contributed by atoms with van der Waals surface area (Å²) in [5, 5.41) is 12.4. The third-order valence-corrected chi connectivity index (χ3v) is 4.94. The van der Waals surface area contributed by atoms with Gasteiger partial charge in [0.1, 0.15) is 5.54 Å². The Labute approximate surface area is 138 Å². The summed E-state index contributed by atoms with van der Waals surface area (Å²) in [6.07, 6.45) is 1.71. The molecule has 122 valence electrons. The molecule has 1 atom stereocenters. The van der Waals surface area contributed by atoms with E-state index in [2.05, 4.69) is 5.32 Å². The summed E-state index contributed by atoms with van der Waals surface area (Å²) in [6.45, 7) is 0.212. The monoisotopic (exact) mass is 336 g/mol. The molecule has 6 nitrogen and oxygen atoms in total. The third-order valence-electron chi connectivity index (χ3n) is 4.62. The molecule has 1 aliphatic carbocycles. The highest BCUT2D eigenvalue weighted by molar-refractivity contribution is 6.33. The van der Waals surface area contributed by atoms with Gasteiger partial charge in [0.15, 0.2) is 0 Å². The molecule has 0 unspecified atom stereocenters. The fraction of sp³-hybridized carbons (Fsp3) is 0.438. The lowest BCUT2D eigenvalue weighted by atomic mass is 9.76. The highest BCUT2D eigenvalue weighted by Gasteiger charge is 2.47. The number of nitrogens with zero attached hydrogens (tertiary/aromatic N) is 1. The number of hydrogen-bond donors (Lipinski definition) is 2. The number of carbonyl (C=O) groups excluding carboxylic acids is 2. The van der Waals surface area contributed by atoms with E-state index < -0.39 is 17.4 Å². The smallest absolute Gasteiger partial charge is 0.329 e. The molecule has 3 rings (SSSR count). The molecule has 0 aromatic heterocycles. The number of nitrogens with one attached hydrogen (secondary N) is 1. The van der Waals surface area contributed by atoms with Crippen LogP contribution >= 0.6 is 11.6 Å². The van der Waals surface area contributed by atoms with E-state index in [0.29, 0.717) is 23.6 Å². The molecule has 7 heteroatoms. The maximum absolute atomic E-state index is 12.4. The quantitative estimate of drug-likeness (QED) is 0.878. The van der Waals surface area contributed by atoms with Crippen LogP contribution in [-0.2, 0) is 14.4 Å². The van der Waals surface area contributed by atoms with Gasteiger partial charge in [-0.3, -0.25) is 9.59 Å². The molecule has 23 heavy (non-hydrogen) atoms. The molecular weight excluding hydrogens is 320 g/mol. The second-order valence-corrected chi connectivity index (χ2v) is 6.49. The van der Waals surface area contributed by atoms with Crippen LogP contribution in [0.1, 0.15) is 25.7 Å². The van der Waals surface area contributed by atoms with E-state index in [1.807, 2.05) is 0 Å². The van der Waals surface area contributed by atoms with Gasteiger partial charge < -0.3 is 15.3 Å². The van der Waals surface area contributed by atoms with Crippen LogP contribution in [0.5, 0.6) is 0 Å². The lowest BCUT2D eigenvalue weighted by molar-refractivity contribution is -0.152. The first kappa shape index (κ1) is 15.8. The first-order valence-electron chi connectivity index (χ1n) is 7.53. The maximum atomic E-state index is 12.4. The van der Waals surface area contributed by atoms with E-state index in [1.165, 1.54) is 4.90 Å². The van der Waals surface area contributed by atoms with E-state index >= 15 is 0 Å². The standard InChI is InChI=1S/C16H17ClN2O4/c17-11-4-1-2-5-12(11)19-9-10(8-13(19)20)14(21)18-16(15(22)23)6-3-7-16/h1-2,4-5,10H,3,6-9H2,(H,18,21)(H,22,23)/t10-/m0/s1. The molecule has 1 saturated heterocycles. The summed E-state index contributed by atoms with van der Waals surface area (Å²) in [6, 6.07) is 6.95. The van der Waals surface area contributed by atoms with Gasteiger partial charge in [-0.25, -0.2) is 4.79 Å². The zero-order valence-electron chi connectivity index (χ0n) is 12.4. The van der Waals surface area contributed by atoms with Crippen LogP contribution in [0, 0.1) is 5.92 Å². The van der Waals surface area contributed by atoms with Crippen LogP contribution in [0.4, 0.5) is 5.69 Å². The zero-order chi connectivity index (χ0) is 16.6. The summed E-state index contributed by atoms with van der Waals surface area (Å²) in [4.78, 5) is 37.4. The van der Waals surface area contributed by atoms with Crippen molar-refractivity contribution in [2.75, 3.05) is 11.4 Å². The number of halogens is 1. The normalized spacial score (nSPS) is 22.6. The second kappa shape index (κ2) is 5.85. The Morgan fingerprint density at radius 1 is 1.30 bits per heavy atom. The molecule has 1 aromatic rings. The Balaban J connectivity index is 1.71. The summed E-state index contributed by atoms with van der Waals surface area (Å²) in [7, 11) is 0. The van der Waals surface area contributed by atoms with Crippen LogP contribution in [0.2, 0.25) is 5.02 Å². The third kappa shape index (κ3) is 2.79. The van der Waals surface area contributed by atoms with Crippen molar-refractivity contribution in [1.82, 2.24) is 5.32 Å². The molecular formula is C16H17ClN2O4. The molecule has 1 saturated carbocycles. The van der Waals surface area contributed by atoms with E-state index in [0.717, 1.165) is 6.42 Å². The highest BCUT2D eigenvalue weighted by atomic mass is 35.5. The van der Waals surface area contributed by atoms with Gasteiger partial charge in [0.05, 0.1) is 16.6 Å². The van der Waals surface area contributed by atoms with Crippen molar-refractivity contribution in [1.29, 1.82) is 0 Å². The van der Waals surface area contributed by atoms with Crippen molar-refractivity contribution >= 4 is 35.1 Å².